The van der Waals surface area contributed by atoms with Crippen molar-refractivity contribution in [3.8, 4) is 0 Å². The fraction of sp³-hybridized carbons (Fsp3) is 0. The largest absolute Gasteiger partial charge is 0.355 e. The summed E-state index contributed by atoms with van der Waals surface area (Å²) in [5.41, 5.74) is 47.2. The fourth-order valence-electron chi connectivity index (χ4n) is 17.7. The molecule has 48 bridgehead atoms. The first-order valence-corrected chi connectivity index (χ1v) is 47.1. The maximum atomic E-state index is 4.63. The molecule has 0 saturated carbocycles. The van der Waals surface area contributed by atoms with Gasteiger partial charge in [0.05, 0.1) is 137 Å². The van der Waals surface area contributed by atoms with Gasteiger partial charge in [0.25, 0.3) is 0 Å². The van der Waals surface area contributed by atoms with Gasteiger partial charge in [-0.2, -0.15) is 0 Å². The van der Waals surface area contributed by atoms with Crippen LogP contribution in [0.25, 0.3) is 278 Å². The Morgan fingerprint density at radius 1 is 0.0800 bits per heavy atom. The summed E-state index contributed by atoms with van der Waals surface area (Å²) in [7, 11) is 0. The molecule has 30 rings (SSSR count). The number of rotatable bonds is 0. The van der Waals surface area contributed by atoms with E-state index in [0.29, 0.717) is 0 Å². The van der Waals surface area contributed by atoms with Gasteiger partial charge in [-0.15, -0.1) is 74.4 Å². The molecule has 0 radical (unpaired) electrons. The maximum absolute atomic E-state index is 4.63. The predicted molar refractivity (Wildman–Crippen MR) is 637 cm³/mol. The van der Waals surface area contributed by atoms with Crippen molar-refractivity contribution in [2.75, 3.05) is 0 Å². The van der Waals surface area contributed by atoms with Crippen LogP contribution in [0.4, 0.5) is 0 Å². The monoisotopic (exact) mass is 2080 g/mol. The van der Waals surface area contributed by atoms with Crippen molar-refractivity contribution in [2.45, 2.75) is 0 Å². The minimum Gasteiger partial charge on any atom is -0.355 e. The average Bonchev–Trinajstić information content (AvgIpc) is 1.71. The Balaban J connectivity index is 0.000000112. The third kappa shape index (κ3) is 24.8. The van der Waals surface area contributed by atoms with Gasteiger partial charge in [0, 0.05) is 132 Å². The molecule has 0 unspecified atom stereocenters. The Morgan fingerprint density at radius 2 is 0.127 bits per heavy atom. The summed E-state index contributed by atoms with van der Waals surface area (Å²) < 4.78 is 0. The number of hydrogen-bond donors (Lipinski definition) is 12. The minimum atomic E-state index is 0. The van der Waals surface area contributed by atoms with Gasteiger partial charge in [-0.25, -0.2) is 59.8 Å². The normalized spacial score (nSPS) is 12.2. The van der Waals surface area contributed by atoms with Gasteiger partial charge < -0.3 is 59.8 Å². The molecule has 12 N–H and O–H groups in total. The molecule has 0 aromatic carbocycles. The lowest BCUT2D eigenvalue weighted by Crippen LogP contribution is -1.75. The molecular weight excluding hydrogens is 1990 g/mol. The van der Waals surface area contributed by atoms with E-state index >= 15 is 0 Å². The molecule has 0 aliphatic carbocycles. The van der Waals surface area contributed by atoms with Gasteiger partial charge in [-0.05, 0) is 437 Å². The van der Waals surface area contributed by atoms with Gasteiger partial charge in [0.2, 0.25) is 0 Å². The van der Waals surface area contributed by atoms with E-state index in [1.165, 1.54) is 0 Å². The summed E-state index contributed by atoms with van der Waals surface area (Å²) >= 11 is 0. The van der Waals surface area contributed by atoms with Crippen LogP contribution in [0, 0.1) is 0 Å². The third-order valence-corrected chi connectivity index (χ3v) is 24.3. The molecule has 0 fully saturated rings. The summed E-state index contributed by atoms with van der Waals surface area (Å²) in [4.78, 5) is 96.1. The molecule has 732 valence electrons. The molecule has 150 heavy (non-hydrogen) atoms. The summed E-state index contributed by atoms with van der Waals surface area (Å²) in [5.74, 6) is 0. The molecule has 18 aromatic heterocycles. The van der Waals surface area contributed by atoms with E-state index in [1.807, 2.05) is 291 Å². The highest BCUT2D eigenvalue weighted by molar-refractivity contribution is 5.89. The van der Waals surface area contributed by atoms with E-state index in [4.69, 9.17) is 0 Å². The Hall–Kier alpha value is -18.7. The zero-order chi connectivity index (χ0) is 95.6. The average molecular weight is 2080 g/mol. The number of aromatic amines is 12. The number of hydrogen-bond acceptors (Lipinski definition) is 12. The van der Waals surface area contributed by atoms with Crippen LogP contribution in [-0.4, -0.2) is 120 Å². The summed E-state index contributed by atoms with van der Waals surface area (Å²) in [5, 5.41) is 0. The third-order valence-electron chi connectivity index (χ3n) is 24.3. The Labute approximate surface area is 893 Å². The van der Waals surface area contributed by atoms with E-state index in [9.17, 15) is 0 Å². The lowest BCUT2D eigenvalue weighted by molar-refractivity contribution is 1.31. The second-order valence-electron chi connectivity index (χ2n) is 35.4. The number of aromatic nitrogens is 24. The lowest BCUT2D eigenvalue weighted by Gasteiger charge is -1.85. The van der Waals surface area contributed by atoms with Crippen molar-refractivity contribution >= 4 is 353 Å². The number of H-pyrrole nitrogens is 12. The second-order valence-corrected chi connectivity index (χ2v) is 35.4. The van der Waals surface area contributed by atoms with Crippen LogP contribution < -0.4 is 0 Å². The lowest BCUT2D eigenvalue weighted by atomic mass is 10.3. The highest BCUT2D eigenvalue weighted by Gasteiger charge is 2.12. The number of nitrogens with one attached hydrogen (secondary N) is 12. The Bertz CT molecular complexity index is 7390. The SMILES string of the molecule is C1=Cc2cc3ccc(cc4nc(cc5ccc(cc1n2)[nH]5)C=C4)[nH]3.C1=Cc2cc3ccc(cc4nc(cc5ccc(cc1n2)[nH]5)C=C4)[nH]3.C1=Cc2cc3ccc(cc4nc(cc5ccc(cc1n2)[nH]5)C=C4)[nH]3.C1=Cc2cc3ccc(cc4nc(cc5ccc(cc1n2)[nH]5)C=C4)[nH]3.C1=Cc2cc3ccc(cc4nc(cc5ccc(cc1n2)[nH]5)C=C4)[nH]3.C1=Cc2cc3ccc(cc4nc(cc5ccc(cc1n2)[nH]5)C=C4)[nH]3.Cl.Cl.Cl.Cl.Cl.Cl. The fourth-order valence-corrected chi connectivity index (χ4v) is 17.7. The molecule has 0 saturated heterocycles. The topological polar surface area (TPSA) is 344 Å². The van der Waals surface area contributed by atoms with Crippen molar-refractivity contribution < 1.29 is 0 Å². The van der Waals surface area contributed by atoms with Crippen molar-refractivity contribution in [3.63, 3.8) is 0 Å². The van der Waals surface area contributed by atoms with Crippen LogP contribution >= 0.6 is 74.4 Å². The van der Waals surface area contributed by atoms with Gasteiger partial charge in [0.1, 0.15) is 0 Å². The highest BCUT2D eigenvalue weighted by Crippen LogP contribution is 2.28. The molecule has 12 aliphatic heterocycles. The predicted octanol–water partition coefficient (Wildman–Crippen LogP) is 30.5. The number of fused-ring (bicyclic) bond motifs is 48. The first kappa shape index (κ1) is 100. The molecule has 0 atom stereocenters. The van der Waals surface area contributed by atoms with Crippen molar-refractivity contribution in [1.29, 1.82) is 0 Å². The molecule has 0 amide bonds. The maximum Gasteiger partial charge on any atom is 0.0658 e. The Kier molecular flexibility index (Phi) is 29.7. The molecule has 24 nitrogen and oxygen atoms in total. The molecule has 18 aromatic rings. The van der Waals surface area contributed by atoms with Crippen molar-refractivity contribution in [1.82, 2.24) is 120 Å². The molecular formula is C120H90Cl6N24. The standard InChI is InChI=1S/6C20H14N4.6ClH/c6*1-2-14-10-16-5-6-18(23-16)12-20-8-7-19(24-20)11-17-4-3-15(22-17)9-13(1)21-14;;;;;;/h6*1-12,21,24H;6*1H. The molecule has 0 spiro atoms. The minimum absolute atomic E-state index is 0. The molecule has 30 heteroatoms. The summed E-state index contributed by atoms with van der Waals surface area (Å²) in [6.07, 6.45) is 48.5. The van der Waals surface area contributed by atoms with Crippen molar-refractivity contribution in [3.05, 3.63) is 428 Å². The van der Waals surface area contributed by atoms with Gasteiger partial charge in [-0.1, -0.05) is 0 Å². The van der Waals surface area contributed by atoms with Gasteiger partial charge >= 0.3 is 0 Å². The van der Waals surface area contributed by atoms with E-state index in [2.05, 4.69) is 265 Å². The van der Waals surface area contributed by atoms with E-state index < -0.39 is 0 Å². The quantitative estimate of drug-likeness (QED) is 0.0674. The smallest absolute Gasteiger partial charge is 0.0658 e. The van der Waals surface area contributed by atoms with Crippen LogP contribution in [0.15, 0.2) is 291 Å². The van der Waals surface area contributed by atoms with Crippen LogP contribution in [0.5, 0.6) is 0 Å². The zero-order valence-corrected chi connectivity index (χ0v) is 84.3. The molecule has 12 aliphatic rings. The summed E-state index contributed by atoms with van der Waals surface area (Å²) in [6, 6.07) is 98.2. The summed E-state index contributed by atoms with van der Waals surface area (Å²) in [6.45, 7) is 0. The highest BCUT2D eigenvalue weighted by atomic mass is 35.5. The Morgan fingerprint density at radius 3 is 0.173 bits per heavy atom. The first-order valence-electron chi connectivity index (χ1n) is 47.1. The zero-order valence-electron chi connectivity index (χ0n) is 79.4. The number of nitrogens with zero attached hydrogens (tertiary/aromatic N) is 12. The van der Waals surface area contributed by atoms with Crippen molar-refractivity contribution in [2.24, 2.45) is 0 Å². The van der Waals surface area contributed by atoms with Crippen LogP contribution in [0.1, 0.15) is 137 Å². The van der Waals surface area contributed by atoms with E-state index in [1.54, 1.807) is 0 Å². The van der Waals surface area contributed by atoms with Gasteiger partial charge in [-0.3, -0.25) is 0 Å². The van der Waals surface area contributed by atoms with Crippen LogP contribution in [0.2, 0.25) is 0 Å². The van der Waals surface area contributed by atoms with Gasteiger partial charge in [0.15, 0.2) is 0 Å². The first-order chi connectivity index (χ1) is 70.8. The molecule has 30 heterocycles. The van der Waals surface area contributed by atoms with Crippen LogP contribution in [0.3, 0.4) is 0 Å². The number of halogens is 6. The van der Waals surface area contributed by atoms with Crippen LogP contribution in [-0.2, 0) is 0 Å². The second kappa shape index (κ2) is 44.5. The van der Waals surface area contributed by atoms with E-state index in [-0.39, 0.29) is 74.4 Å². The van der Waals surface area contributed by atoms with E-state index in [0.717, 1.165) is 269 Å².